The monoisotopic (exact) mass is 505 g/mol. The van der Waals surface area contributed by atoms with Crippen LogP contribution in [0, 0.1) is 5.82 Å². The van der Waals surface area contributed by atoms with Gasteiger partial charge in [-0.3, -0.25) is 4.79 Å². The SMILES string of the molecule is O=C(CNc1c(Br)cc(Br)cc1Br)N/N=C/c1ccccc1F. The Morgan fingerprint density at radius 1 is 1.17 bits per heavy atom. The smallest absolute Gasteiger partial charge is 0.259 e. The van der Waals surface area contributed by atoms with Crippen molar-refractivity contribution in [3.63, 3.8) is 0 Å². The average molecular weight is 508 g/mol. The molecule has 0 saturated heterocycles. The Morgan fingerprint density at radius 2 is 1.83 bits per heavy atom. The van der Waals surface area contributed by atoms with Crippen molar-refractivity contribution in [3.05, 3.63) is 61.2 Å². The van der Waals surface area contributed by atoms with Crippen LogP contribution in [0.5, 0.6) is 0 Å². The first-order valence-electron chi connectivity index (χ1n) is 6.42. The van der Waals surface area contributed by atoms with E-state index < -0.39 is 5.82 Å². The van der Waals surface area contributed by atoms with Gasteiger partial charge in [-0.1, -0.05) is 34.1 Å². The molecule has 0 fully saturated rings. The third-order valence-electron chi connectivity index (χ3n) is 2.73. The van der Waals surface area contributed by atoms with Crippen molar-refractivity contribution >= 4 is 65.6 Å². The van der Waals surface area contributed by atoms with Crippen molar-refractivity contribution in [3.8, 4) is 0 Å². The fraction of sp³-hybridized carbons (Fsp3) is 0.0667. The minimum Gasteiger partial charge on any atom is -0.374 e. The zero-order valence-corrected chi connectivity index (χ0v) is 16.4. The van der Waals surface area contributed by atoms with Crippen LogP contribution in [0.25, 0.3) is 0 Å². The summed E-state index contributed by atoms with van der Waals surface area (Å²) in [7, 11) is 0. The minimum atomic E-state index is -0.397. The molecule has 0 aliphatic carbocycles. The van der Waals surface area contributed by atoms with Gasteiger partial charge in [0.05, 0.1) is 18.4 Å². The van der Waals surface area contributed by atoms with Crippen LogP contribution >= 0.6 is 47.8 Å². The van der Waals surface area contributed by atoms with Gasteiger partial charge in [0, 0.05) is 19.0 Å². The molecule has 0 bridgehead atoms. The number of anilines is 1. The average Bonchev–Trinajstić information content (AvgIpc) is 2.48. The summed E-state index contributed by atoms with van der Waals surface area (Å²) in [5.74, 6) is -0.745. The number of hydrogen-bond donors (Lipinski definition) is 2. The molecule has 0 spiro atoms. The second-order valence-electron chi connectivity index (χ2n) is 4.41. The van der Waals surface area contributed by atoms with E-state index in [0.717, 1.165) is 19.1 Å². The summed E-state index contributed by atoms with van der Waals surface area (Å²) in [5, 5.41) is 6.73. The largest absolute Gasteiger partial charge is 0.374 e. The summed E-state index contributed by atoms with van der Waals surface area (Å²) in [6.07, 6.45) is 1.26. The van der Waals surface area contributed by atoms with Crippen molar-refractivity contribution in [1.29, 1.82) is 0 Å². The van der Waals surface area contributed by atoms with Crippen LogP contribution in [0.4, 0.5) is 10.1 Å². The molecule has 0 aliphatic heterocycles. The quantitative estimate of drug-likeness (QED) is 0.456. The molecule has 0 heterocycles. The van der Waals surface area contributed by atoms with E-state index in [4.69, 9.17) is 0 Å². The summed E-state index contributed by atoms with van der Waals surface area (Å²) >= 11 is 10.2. The molecule has 120 valence electrons. The second-order valence-corrected chi connectivity index (χ2v) is 7.04. The number of hydrogen-bond acceptors (Lipinski definition) is 3. The number of nitrogens with one attached hydrogen (secondary N) is 2. The molecule has 8 heteroatoms. The molecule has 2 aromatic carbocycles. The van der Waals surface area contributed by atoms with Gasteiger partial charge in [-0.25, -0.2) is 9.82 Å². The van der Waals surface area contributed by atoms with Crippen LogP contribution in [-0.4, -0.2) is 18.7 Å². The molecule has 0 aromatic heterocycles. The Hall–Kier alpha value is -1.25. The Kier molecular flexibility index (Phi) is 6.73. The summed E-state index contributed by atoms with van der Waals surface area (Å²) < 4.78 is 15.9. The van der Waals surface area contributed by atoms with Crippen molar-refractivity contribution < 1.29 is 9.18 Å². The van der Waals surface area contributed by atoms with Gasteiger partial charge in [0.15, 0.2) is 0 Å². The number of carbonyl (C=O) groups excluding carboxylic acids is 1. The molecular formula is C15H11Br3FN3O. The van der Waals surface area contributed by atoms with Crippen LogP contribution < -0.4 is 10.7 Å². The van der Waals surface area contributed by atoms with Crippen LogP contribution in [0.2, 0.25) is 0 Å². The normalized spacial score (nSPS) is 10.8. The maximum absolute atomic E-state index is 13.4. The first-order valence-corrected chi connectivity index (χ1v) is 8.80. The molecule has 2 rings (SSSR count). The highest BCUT2D eigenvalue weighted by Crippen LogP contribution is 2.34. The zero-order valence-electron chi connectivity index (χ0n) is 11.6. The lowest BCUT2D eigenvalue weighted by molar-refractivity contribution is -0.119. The van der Waals surface area contributed by atoms with Crippen molar-refractivity contribution in [2.24, 2.45) is 5.10 Å². The summed E-state index contributed by atoms with van der Waals surface area (Å²) in [6, 6.07) is 9.90. The van der Waals surface area contributed by atoms with Crippen LogP contribution in [0.3, 0.4) is 0 Å². The lowest BCUT2D eigenvalue weighted by atomic mass is 10.2. The highest BCUT2D eigenvalue weighted by atomic mass is 79.9. The standard InChI is InChI=1S/C15H11Br3FN3O/c16-10-5-11(17)15(12(18)6-10)20-8-14(23)22-21-7-9-3-1-2-4-13(9)19/h1-7,20H,8H2,(H,22,23)/b21-7+. The van der Waals surface area contributed by atoms with Gasteiger partial charge >= 0.3 is 0 Å². The molecular weight excluding hydrogens is 497 g/mol. The number of benzene rings is 2. The lowest BCUT2D eigenvalue weighted by Gasteiger charge is -2.10. The topological polar surface area (TPSA) is 53.5 Å². The summed E-state index contributed by atoms with van der Waals surface area (Å²) in [5.41, 5.74) is 3.40. The van der Waals surface area contributed by atoms with Crippen molar-refractivity contribution in [2.75, 3.05) is 11.9 Å². The first-order chi connectivity index (χ1) is 11.0. The van der Waals surface area contributed by atoms with Crippen molar-refractivity contribution in [2.45, 2.75) is 0 Å². The molecule has 2 N–H and O–H groups in total. The predicted octanol–water partition coefficient (Wildman–Crippen LogP) is 4.68. The summed E-state index contributed by atoms with van der Waals surface area (Å²) in [4.78, 5) is 11.8. The maximum atomic E-state index is 13.4. The Bertz CT molecular complexity index is 729. The highest BCUT2D eigenvalue weighted by molar-refractivity contribution is 9.11. The zero-order chi connectivity index (χ0) is 16.8. The van der Waals surface area contributed by atoms with E-state index in [2.05, 4.69) is 63.6 Å². The Morgan fingerprint density at radius 3 is 2.48 bits per heavy atom. The van der Waals surface area contributed by atoms with E-state index >= 15 is 0 Å². The highest BCUT2D eigenvalue weighted by Gasteiger charge is 2.08. The molecule has 0 unspecified atom stereocenters. The van der Waals surface area contributed by atoms with Gasteiger partial charge in [0.2, 0.25) is 0 Å². The van der Waals surface area contributed by atoms with Crippen LogP contribution in [-0.2, 0) is 4.79 Å². The lowest BCUT2D eigenvalue weighted by Crippen LogP contribution is -2.26. The molecule has 0 atom stereocenters. The number of amides is 1. The predicted molar refractivity (Wildman–Crippen MR) is 100 cm³/mol. The fourth-order valence-electron chi connectivity index (χ4n) is 1.67. The van der Waals surface area contributed by atoms with E-state index in [0.29, 0.717) is 5.56 Å². The number of carbonyl (C=O) groups is 1. The van der Waals surface area contributed by atoms with E-state index in [1.165, 1.54) is 12.3 Å². The summed E-state index contributed by atoms with van der Waals surface area (Å²) in [6.45, 7) is 0.0213. The van der Waals surface area contributed by atoms with E-state index in [9.17, 15) is 9.18 Å². The molecule has 23 heavy (non-hydrogen) atoms. The third kappa shape index (κ3) is 5.40. The fourth-order valence-corrected chi connectivity index (χ4v) is 4.21. The van der Waals surface area contributed by atoms with Gasteiger partial charge in [-0.2, -0.15) is 5.10 Å². The number of rotatable bonds is 5. The molecule has 0 aliphatic rings. The van der Waals surface area contributed by atoms with Crippen LogP contribution in [0.1, 0.15) is 5.56 Å². The molecule has 2 aromatic rings. The number of nitrogens with zero attached hydrogens (tertiary/aromatic N) is 1. The van der Waals surface area contributed by atoms with E-state index in [-0.39, 0.29) is 12.5 Å². The minimum absolute atomic E-state index is 0.0213. The van der Waals surface area contributed by atoms with Gasteiger partial charge in [0.1, 0.15) is 5.82 Å². The maximum Gasteiger partial charge on any atom is 0.259 e. The van der Waals surface area contributed by atoms with Gasteiger partial charge in [-0.15, -0.1) is 0 Å². The first kappa shape index (κ1) is 18.1. The number of halogens is 4. The molecule has 0 saturated carbocycles. The van der Waals surface area contributed by atoms with E-state index in [1.54, 1.807) is 18.2 Å². The Labute approximate surface area is 157 Å². The Balaban J connectivity index is 1.90. The third-order valence-corrected chi connectivity index (χ3v) is 4.44. The number of hydrazone groups is 1. The van der Waals surface area contributed by atoms with E-state index in [1.807, 2.05) is 12.1 Å². The molecule has 1 amide bonds. The second kappa shape index (κ2) is 8.56. The van der Waals surface area contributed by atoms with Crippen LogP contribution in [0.15, 0.2) is 54.9 Å². The molecule has 4 nitrogen and oxygen atoms in total. The van der Waals surface area contributed by atoms with Gasteiger partial charge < -0.3 is 5.32 Å². The van der Waals surface area contributed by atoms with Gasteiger partial charge in [-0.05, 0) is 50.1 Å². The van der Waals surface area contributed by atoms with Gasteiger partial charge in [0.25, 0.3) is 5.91 Å². The molecule has 0 radical (unpaired) electrons. The van der Waals surface area contributed by atoms with Crippen molar-refractivity contribution in [1.82, 2.24) is 5.43 Å².